The molecule has 0 atom stereocenters. The third-order valence-corrected chi connectivity index (χ3v) is 2.80. The van der Waals surface area contributed by atoms with Gasteiger partial charge in [0.1, 0.15) is 5.94 Å². The number of hydrogen-bond donors (Lipinski definition) is 0. The van der Waals surface area contributed by atoms with Crippen molar-refractivity contribution in [3.8, 4) is 0 Å². The predicted octanol–water partition coefficient (Wildman–Crippen LogP) is 1.74. The van der Waals surface area contributed by atoms with Gasteiger partial charge in [-0.3, -0.25) is 0 Å². The Kier molecular flexibility index (Phi) is 3.15. The molecule has 2 aromatic rings. The minimum absolute atomic E-state index is 0.575. The molecule has 0 aliphatic carbocycles. The van der Waals surface area contributed by atoms with Gasteiger partial charge >= 0.3 is 0 Å². The van der Waals surface area contributed by atoms with Crippen molar-refractivity contribution < 1.29 is 4.79 Å². The van der Waals surface area contributed by atoms with Crippen LogP contribution in [0.1, 0.15) is 11.1 Å². The van der Waals surface area contributed by atoms with E-state index in [4.69, 9.17) is 0 Å². The molecule has 2 aromatic carbocycles. The molecule has 2 heteroatoms. The summed E-state index contributed by atoms with van der Waals surface area (Å²) in [7, 11) is 3.49. The van der Waals surface area contributed by atoms with Crippen molar-refractivity contribution in [2.24, 2.45) is 0 Å². The van der Waals surface area contributed by atoms with Crippen LogP contribution < -0.4 is 5.19 Å². The average molecular weight is 221 g/mol. The molecule has 3 radical (unpaired) electrons. The molecular weight excluding hydrogens is 212 g/mol. The zero-order chi connectivity index (χ0) is 11.4. The molecule has 0 aliphatic heterocycles. The van der Waals surface area contributed by atoms with Crippen LogP contribution in [0.4, 0.5) is 0 Å². The lowest BCUT2D eigenvalue weighted by molar-refractivity contribution is 0.569. The van der Waals surface area contributed by atoms with Gasteiger partial charge in [0.15, 0.2) is 0 Å². The second kappa shape index (κ2) is 4.75. The molecule has 0 N–H and O–H groups in total. The molecule has 0 fully saturated rings. The van der Waals surface area contributed by atoms with E-state index in [-0.39, 0.29) is 0 Å². The molecule has 0 saturated carbocycles. The van der Waals surface area contributed by atoms with Gasteiger partial charge in [0.25, 0.3) is 0 Å². The summed E-state index contributed by atoms with van der Waals surface area (Å²) in [6.07, 6.45) is 0. The SMILES string of the molecule is O=C=C(c1ccccc1)c1ccccc1[Si]. The summed E-state index contributed by atoms with van der Waals surface area (Å²) < 4.78 is 0. The standard InChI is InChI=1S/C14H9OSi/c15-10-13(11-6-2-1-3-7-11)12-8-4-5-9-14(12)16/h1-9H. The molecule has 0 unspecified atom stereocenters. The van der Waals surface area contributed by atoms with E-state index in [1.807, 2.05) is 60.5 Å². The normalized spacial score (nSPS) is 9.56. The first-order valence-corrected chi connectivity index (χ1v) is 5.44. The van der Waals surface area contributed by atoms with E-state index in [0.717, 1.165) is 16.3 Å². The number of carbonyl (C=O) groups excluding carboxylic acids is 1. The van der Waals surface area contributed by atoms with Crippen molar-refractivity contribution in [2.75, 3.05) is 0 Å². The number of benzene rings is 2. The van der Waals surface area contributed by atoms with Crippen LogP contribution in [0.5, 0.6) is 0 Å². The van der Waals surface area contributed by atoms with Crippen LogP contribution in [0.15, 0.2) is 54.6 Å². The van der Waals surface area contributed by atoms with Crippen molar-refractivity contribution in [3.63, 3.8) is 0 Å². The summed E-state index contributed by atoms with van der Waals surface area (Å²) in [5.41, 5.74) is 2.31. The smallest absolute Gasteiger partial charge is 0.133 e. The maximum absolute atomic E-state index is 11.1. The van der Waals surface area contributed by atoms with E-state index in [2.05, 4.69) is 10.2 Å². The van der Waals surface area contributed by atoms with Crippen molar-refractivity contribution in [1.82, 2.24) is 0 Å². The lowest BCUT2D eigenvalue weighted by atomic mass is 9.99. The zero-order valence-electron chi connectivity index (χ0n) is 8.60. The van der Waals surface area contributed by atoms with E-state index >= 15 is 0 Å². The molecular formula is C14H9OSi. The Morgan fingerprint density at radius 2 is 1.56 bits per heavy atom. The van der Waals surface area contributed by atoms with Crippen LogP contribution in [0.3, 0.4) is 0 Å². The first-order chi connectivity index (χ1) is 7.83. The van der Waals surface area contributed by atoms with Gasteiger partial charge in [-0.2, -0.15) is 0 Å². The summed E-state index contributed by atoms with van der Waals surface area (Å²) in [4.78, 5) is 11.1. The van der Waals surface area contributed by atoms with Crippen molar-refractivity contribution in [2.45, 2.75) is 0 Å². The highest BCUT2D eigenvalue weighted by molar-refractivity contribution is 6.35. The topological polar surface area (TPSA) is 17.1 Å². The molecule has 0 aromatic heterocycles. The fourth-order valence-electron chi connectivity index (χ4n) is 1.58. The van der Waals surface area contributed by atoms with Crippen LogP contribution in [-0.4, -0.2) is 16.2 Å². The monoisotopic (exact) mass is 221 g/mol. The summed E-state index contributed by atoms with van der Waals surface area (Å²) in [6, 6.07) is 17.2. The maximum atomic E-state index is 11.1. The van der Waals surface area contributed by atoms with Crippen molar-refractivity contribution in [3.05, 3.63) is 65.7 Å². The molecule has 16 heavy (non-hydrogen) atoms. The molecule has 1 nitrogen and oxygen atoms in total. The Balaban J connectivity index is 2.55. The summed E-state index contributed by atoms with van der Waals surface area (Å²) in [6.45, 7) is 0. The van der Waals surface area contributed by atoms with Crippen LogP contribution in [0.25, 0.3) is 5.57 Å². The maximum Gasteiger partial charge on any atom is 0.133 e. The highest BCUT2D eigenvalue weighted by Gasteiger charge is 2.07. The molecule has 0 saturated heterocycles. The molecule has 0 aliphatic rings. The Morgan fingerprint density at radius 1 is 0.938 bits per heavy atom. The predicted molar refractivity (Wildman–Crippen MR) is 66.5 cm³/mol. The minimum Gasteiger partial charge on any atom is -0.233 e. The summed E-state index contributed by atoms with van der Waals surface area (Å²) in [5.74, 6) is 2.01. The number of rotatable bonds is 2. The Labute approximate surface area is 97.9 Å². The largest absolute Gasteiger partial charge is 0.233 e. The Bertz CT molecular complexity index is 540. The lowest BCUT2D eigenvalue weighted by Crippen LogP contribution is -2.09. The fraction of sp³-hybridized carbons (Fsp3) is 0. The van der Waals surface area contributed by atoms with E-state index < -0.39 is 0 Å². The first-order valence-electron chi connectivity index (χ1n) is 4.94. The van der Waals surface area contributed by atoms with Gasteiger partial charge in [0.05, 0.1) is 15.8 Å². The van der Waals surface area contributed by atoms with Crippen molar-refractivity contribution >= 4 is 26.9 Å². The first kappa shape index (κ1) is 10.6. The highest BCUT2D eigenvalue weighted by atomic mass is 28.1. The molecule has 0 spiro atoms. The van der Waals surface area contributed by atoms with Crippen LogP contribution >= 0.6 is 0 Å². The number of hydrogen-bond acceptors (Lipinski definition) is 1. The molecule has 75 valence electrons. The van der Waals surface area contributed by atoms with Crippen molar-refractivity contribution in [1.29, 1.82) is 0 Å². The minimum atomic E-state index is 0.575. The van der Waals surface area contributed by atoms with Gasteiger partial charge < -0.3 is 0 Å². The van der Waals surface area contributed by atoms with Gasteiger partial charge in [-0.25, -0.2) is 4.79 Å². The summed E-state index contributed by atoms with van der Waals surface area (Å²) >= 11 is 0. The van der Waals surface area contributed by atoms with E-state index in [9.17, 15) is 4.79 Å². The molecule has 0 amide bonds. The van der Waals surface area contributed by atoms with E-state index in [1.165, 1.54) is 0 Å². The quantitative estimate of drug-likeness (QED) is 0.557. The highest BCUT2D eigenvalue weighted by Crippen LogP contribution is 2.18. The Hall–Kier alpha value is -1.89. The lowest BCUT2D eigenvalue weighted by Gasteiger charge is -2.06. The summed E-state index contributed by atoms with van der Waals surface area (Å²) in [5, 5.41) is 0.893. The Morgan fingerprint density at radius 3 is 2.19 bits per heavy atom. The third kappa shape index (κ3) is 2.03. The molecule has 2 rings (SSSR count). The van der Waals surface area contributed by atoms with Crippen LogP contribution in [-0.2, 0) is 4.79 Å². The van der Waals surface area contributed by atoms with Gasteiger partial charge in [0.2, 0.25) is 0 Å². The van der Waals surface area contributed by atoms with Gasteiger partial charge in [-0.15, -0.1) is 0 Å². The van der Waals surface area contributed by atoms with Gasteiger partial charge in [-0.05, 0) is 11.1 Å². The van der Waals surface area contributed by atoms with Crippen LogP contribution in [0, 0.1) is 0 Å². The zero-order valence-corrected chi connectivity index (χ0v) is 9.60. The molecule has 0 heterocycles. The second-order valence-corrected chi connectivity index (χ2v) is 3.93. The van der Waals surface area contributed by atoms with Crippen LogP contribution in [0.2, 0.25) is 0 Å². The average Bonchev–Trinajstić information content (AvgIpc) is 2.34. The third-order valence-electron chi connectivity index (χ3n) is 2.36. The van der Waals surface area contributed by atoms with Gasteiger partial charge in [-0.1, -0.05) is 59.8 Å². The van der Waals surface area contributed by atoms with E-state index in [1.54, 1.807) is 0 Å². The molecule has 0 bridgehead atoms. The fourth-order valence-corrected chi connectivity index (χ4v) is 1.88. The van der Waals surface area contributed by atoms with E-state index in [0.29, 0.717) is 5.57 Å². The van der Waals surface area contributed by atoms with Gasteiger partial charge in [0, 0.05) is 0 Å². The second-order valence-electron chi connectivity index (χ2n) is 3.39.